The summed E-state index contributed by atoms with van der Waals surface area (Å²) in [7, 11) is 2.66. The lowest BCUT2D eigenvalue weighted by molar-refractivity contribution is -0.121. The van der Waals surface area contributed by atoms with Gasteiger partial charge in [0.25, 0.3) is 5.91 Å². The van der Waals surface area contributed by atoms with Gasteiger partial charge in [0.2, 0.25) is 23.1 Å². The fraction of sp³-hybridized carbons (Fsp3) is 0.381. The van der Waals surface area contributed by atoms with Gasteiger partial charge in [-0.3, -0.25) is 14.4 Å². The number of methoxy groups -OCH3 is 2. The van der Waals surface area contributed by atoms with Crippen LogP contribution in [0.5, 0.6) is 0 Å². The Kier molecular flexibility index (Phi) is 5.94. The lowest BCUT2D eigenvalue weighted by atomic mass is 9.88. The number of nitrogens with zero attached hydrogens (tertiary/aromatic N) is 1. The van der Waals surface area contributed by atoms with Gasteiger partial charge in [0.1, 0.15) is 0 Å². The zero-order chi connectivity index (χ0) is 20.3. The van der Waals surface area contributed by atoms with E-state index in [1.807, 2.05) is 6.07 Å². The van der Waals surface area contributed by atoms with Crippen LogP contribution in [-0.4, -0.2) is 62.9 Å². The van der Waals surface area contributed by atoms with Crippen LogP contribution in [0.4, 0.5) is 0 Å². The average molecular weight is 385 g/mol. The molecule has 7 nitrogen and oxygen atoms in total. The van der Waals surface area contributed by atoms with E-state index in [0.717, 1.165) is 5.56 Å². The van der Waals surface area contributed by atoms with E-state index in [2.05, 4.69) is 0 Å². The minimum Gasteiger partial charge on any atom is -0.489 e. The standard InChI is InChI=1S/C21H23NO6/c1-13-16(18(24)20(27-3)19(26-2)17(13)23)12-14-5-4-6-15(11-14)21(25)22-7-9-28-10-8-22/h4-6,11H,7-10,12H2,1-3H3. The Morgan fingerprint density at radius 1 is 1.07 bits per heavy atom. The van der Waals surface area contributed by atoms with E-state index >= 15 is 0 Å². The van der Waals surface area contributed by atoms with Gasteiger partial charge >= 0.3 is 0 Å². The fourth-order valence-corrected chi connectivity index (χ4v) is 3.37. The van der Waals surface area contributed by atoms with Crippen LogP contribution in [0.25, 0.3) is 0 Å². The van der Waals surface area contributed by atoms with Crippen molar-refractivity contribution in [1.82, 2.24) is 4.90 Å². The molecule has 1 fully saturated rings. The zero-order valence-corrected chi connectivity index (χ0v) is 16.2. The van der Waals surface area contributed by atoms with E-state index in [1.165, 1.54) is 14.2 Å². The molecule has 1 aliphatic carbocycles. The van der Waals surface area contributed by atoms with Crippen molar-refractivity contribution < 1.29 is 28.6 Å². The number of ether oxygens (including phenoxy) is 3. The fourth-order valence-electron chi connectivity index (χ4n) is 3.37. The molecule has 0 bridgehead atoms. The molecule has 0 atom stereocenters. The van der Waals surface area contributed by atoms with Gasteiger partial charge in [-0.15, -0.1) is 0 Å². The summed E-state index contributed by atoms with van der Waals surface area (Å²) in [4.78, 5) is 39.7. The molecule has 1 aromatic carbocycles. The molecule has 0 N–H and O–H groups in total. The number of benzene rings is 1. The number of Topliss-reactive ketones (excluding diaryl/α,β-unsaturated/α-hetero) is 2. The molecule has 2 aliphatic rings. The van der Waals surface area contributed by atoms with Crippen LogP contribution in [-0.2, 0) is 30.2 Å². The summed E-state index contributed by atoms with van der Waals surface area (Å²) in [5.41, 5.74) is 1.99. The van der Waals surface area contributed by atoms with E-state index in [-0.39, 0.29) is 35.4 Å². The molecule has 1 aliphatic heterocycles. The second-order valence-electron chi connectivity index (χ2n) is 6.61. The monoisotopic (exact) mass is 385 g/mol. The quantitative estimate of drug-likeness (QED) is 0.717. The van der Waals surface area contributed by atoms with E-state index in [9.17, 15) is 14.4 Å². The highest BCUT2D eigenvalue weighted by Gasteiger charge is 2.34. The second kappa shape index (κ2) is 8.39. The Labute approximate surface area is 163 Å². The van der Waals surface area contributed by atoms with Crippen molar-refractivity contribution in [1.29, 1.82) is 0 Å². The number of amides is 1. The number of rotatable bonds is 5. The van der Waals surface area contributed by atoms with Gasteiger partial charge in [-0.05, 0) is 24.6 Å². The molecule has 1 aromatic rings. The highest BCUT2D eigenvalue weighted by atomic mass is 16.5. The molecule has 1 heterocycles. The highest BCUT2D eigenvalue weighted by Crippen LogP contribution is 2.28. The number of hydrogen-bond donors (Lipinski definition) is 0. The Hall–Kier alpha value is -2.93. The molecule has 0 aromatic heterocycles. The molecule has 0 unspecified atom stereocenters. The van der Waals surface area contributed by atoms with Gasteiger partial charge in [0, 0.05) is 36.2 Å². The summed E-state index contributed by atoms with van der Waals surface area (Å²) < 4.78 is 15.5. The van der Waals surface area contributed by atoms with Crippen molar-refractivity contribution in [3.8, 4) is 0 Å². The molecule has 28 heavy (non-hydrogen) atoms. The number of hydrogen-bond acceptors (Lipinski definition) is 6. The number of ketones is 2. The topological polar surface area (TPSA) is 82.1 Å². The van der Waals surface area contributed by atoms with Gasteiger partial charge in [-0.2, -0.15) is 0 Å². The normalized spacial score (nSPS) is 17.9. The molecule has 148 valence electrons. The Morgan fingerprint density at radius 2 is 1.71 bits per heavy atom. The van der Waals surface area contributed by atoms with E-state index in [1.54, 1.807) is 30.0 Å². The summed E-state index contributed by atoms with van der Waals surface area (Å²) >= 11 is 0. The third-order valence-electron chi connectivity index (χ3n) is 4.95. The van der Waals surface area contributed by atoms with Gasteiger partial charge in [0.15, 0.2) is 0 Å². The van der Waals surface area contributed by atoms with Crippen LogP contribution in [0.1, 0.15) is 22.8 Å². The van der Waals surface area contributed by atoms with Crippen LogP contribution >= 0.6 is 0 Å². The molecule has 0 saturated carbocycles. The smallest absolute Gasteiger partial charge is 0.254 e. The summed E-state index contributed by atoms with van der Waals surface area (Å²) in [6.45, 7) is 3.78. The first-order valence-corrected chi connectivity index (χ1v) is 9.05. The number of carbonyl (C=O) groups excluding carboxylic acids is 3. The maximum atomic E-state index is 12.8. The zero-order valence-electron chi connectivity index (χ0n) is 16.2. The van der Waals surface area contributed by atoms with Crippen LogP contribution in [0.15, 0.2) is 46.9 Å². The maximum Gasteiger partial charge on any atom is 0.254 e. The average Bonchev–Trinajstić information content (AvgIpc) is 2.73. The molecule has 0 radical (unpaired) electrons. The van der Waals surface area contributed by atoms with E-state index in [4.69, 9.17) is 14.2 Å². The molecular formula is C21H23NO6. The minimum absolute atomic E-state index is 0.0685. The van der Waals surface area contributed by atoms with Gasteiger partial charge in [0.05, 0.1) is 27.4 Å². The number of allylic oxidation sites excluding steroid dienone is 2. The van der Waals surface area contributed by atoms with Crippen LogP contribution in [0.2, 0.25) is 0 Å². The van der Waals surface area contributed by atoms with E-state index in [0.29, 0.717) is 43.0 Å². The van der Waals surface area contributed by atoms with Crippen molar-refractivity contribution in [3.63, 3.8) is 0 Å². The van der Waals surface area contributed by atoms with Gasteiger partial charge in [-0.1, -0.05) is 12.1 Å². The van der Waals surface area contributed by atoms with Crippen LogP contribution in [0.3, 0.4) is 0 Å². The van der Waals surface area contributed by atoms with Crippen molar-refractivity contribution in [2.24, 2.45) is 0 Å². The van der Waals surface area contributed by atoms with Crippen LogP contribution < -0.4 is 0 Å². The Bertz CT molecular complexity index is 877. The van der Waals surface area contributed by atoms with Crippen LogP contribution in [0, 0.1) is 0 Å². The number of carbonyl (C=O) groups is 3. The Balaban J connectivity index is 1.86. The minimum atomic E-state index is -0.374. The van der Waals surface area contributed by atoms with E-state index < -0.39 is 0 Å². The number of morpholine rings is 1. The van der Waals surface area contributed by atoms with Crippen molar-refractivity contribution in [3.05, 3.63) is 58.1 Å². The third kappa shape index (κ3) is 3.71. The lowest BCUT2D eigenvalue weighted by Crippen LogP contribution is -2.40. The Morgan fingerprint density at radius 3 is 2.36 bits per heavy atom. The molecule has 1 amide bonds. The third-order valence-corrected chi connectivity index (χ3v) is 4.95. The SMILES string of the molecule is COC1=C(OC)C(=O)C(Cc2cccc(C(=O)N3CCOCC3)c2)=C(C)C1=O. The second-order valence-corrected chi connectivity index (χ2v) is 6.61. The summed E-state index contributed by atoms with van der Waals surface area (Å²) in [5.74, 6) is -0.976. The first-order valence-electron chi connectivity index (χ1n) is 9.05. The van der Waals surface area contributed by atoms with Gasteiger partial charge in [-0.25, -0.2) is 0 Å². The van der Waals surface area contributed by atoms with Crippen molar-refractivity contribution >= 4 is 17.5 Å². The lowest BCUT2D eigenvalue weighted by Gasteiger charge is -2.27. The van der Waals surface area contributed by atoms with Crippen molar-refractivity contribution in [2.45, 2.75) is 13.3 Å². The molecular weight excluding hydrogens is 362 g/mol. The maximum absolute atomic E-state index is 12.8. The van der Waals surface area contributed by atoms with Crippen molar-refractivity contribution in [2.75, 3.05) is 40.5 Å². The molecule has 1 saturated heterocycles. The molecule has 3 rings (SSSR count). The first kappa shape index (κ1) is 19.8. The van der Waals surface area contributed by atoms with Gasteiger partial charge < -0.3 is 19.1 Å². The predicted molar refractivity (Wildman–Crippen MR) is 101 cm³/mol. The highest BCUT2D eigenvalue weighted by molar-refractivity contribution is 6.23. The summed E-state index contributed by atoms with van der Waals surface area (Å²) in [6.07, 6.45) is 0.227. The summed E-state index contributed by atoms with van der Waals surface area (Å²) in [5, 5.41) is 0. The largest absolute Gasteiger partial charge is 0.489 e. The summed E-state index contributed by atoms with van der Waals surface area (Å²) in [6, 6.07) is 7.12. The first-order chi connectivity index (χ1) is 13.5. The molecule has 7 heteroatoms. The predicted octanol–water partition coefficient (Wildman–Crippen LogP) is 1.67. The molecule has 0 spiro atoms.